The first-order valence-corrected chi connectivity index (χ1v) is 8.04. The van der Waals surface area contributed by atoms with Crippen molar-refractivity contribution in [3.63, 3.8) is 0 Å². The third-order valence-electron chi connectivity index (χ3n) is 4.13. The van der Waals surface area contributed by atoms with E-state index in [1.54, 1.807) is 12.4 Å². The second-order valence-electron chi connectivity index (χ2n) is 5.65. The normalized spacial score (nSPS) is 14.6. The highest BCUT2D eigenvalue weighted by Crippen LogP contribution is 2.14. The van der Waals surface area contributed by atoms with E-state index in [4.69, 9.17) is 0 Å². The molecule has 0 bridgehead atoms. The number of carbonyl (C=O) groups excluding carboxylic acids is 1. The number of benzene rings is 1. The van der Waals surface area contributed by atoms with E-state index in [9.17, 15) is 4.79 Å². The van der Waals surface area contributed by atoms with E-state index in [0.717, 1.165) is 32.6 Å². The van der Waals surface area contributed by atoms with Crippen molar-refractivity contribution in [3.8, 4) is 0 Å². The minimum Gasteiger partial charge on any atom is -0.368 e. The lowest BCUT2D eigenvalue weighted by molar-refractivity contribution is 0.194. The van der Waals surface area contributed by atoms with E-state index >= 15 is 0 Å². The van der Waals surface area contributed by atoms with E-state index in [1.165, 1.54) is 11.3 Å². The number of amides is 2. The summed E-state index contributed by atoms with van der Waals surface area (Å²) in [6, 6.07) is 14.3. The first kappa shape index (κ1) is 15.3. The number of aromatic nitrogens is 1. The molecule has 3 rings (SSSR count). The van der Waals surface area contributed by atoms with Crippen LogP contribution in [0.4, 0.5) is 10.5 Å². The van der Waals surface area contributed by atoms with Crippen LogP contribution in [0.3, 0.4) is 0 Å². The van der Waals surface area contributed by atoms with E-state index < -0.39 is 0 Å². The molecule has 0 aliphatic carbocycles. The Hall–Kier alpha value is -2.56. The lowest BCUT2D eigenvalue weighted by atomic mass is 10.1. The number of hydrogen-bond acceptors (Lipinski definition) is 3. The van der Waals surface area contributed by atoms with Gasteiger partial charge in [-0.1, -0.05) is 30.3 Å². The summed E-state index contributed by atoms with van der Waals surface area (Å²) in [6.45, 7) is 3.89. The molecule has 2 heterocycles. The molecule has 5 heteroatoms. The van der Waals surface area contributed by atoms with Crippen LogP contribution in [0.5, 0.6) is 0 Å². The Morgan fingerprint density at radius 1 is 1.00 bits per heavy atom. The van der Waals surface area contributed by atoms with Gasteiger partial charge in [-0.3, -0.25) is 4.98 Å². The fourth-order valence-corrected chi connectivity index (χ4v) is 2.79. The highest BCUT2D eigenvalue weighted by Gasteiger charge is 2.20. The highest BCUT2D eigenvalue weighted by atomic mass is 16.2. The van der Waals surface area contributed by atoms with Gasteiger partial charge in [0.05, 0.1) is 0 Å². The molecule has 0 radical (unpaired) electrons. The summed E-state index contributed by atoms with van der Waals surface area (Å²) in [6.07, 6.45) is 4.47. The quantitative estimate of drug-likeness (QED) is 0.941. The Morgan fingerprint density at radius 2 is 1.70 bits per heavy atom. The van der Waals surface area contributed by atoms with E-state index in [1.807, 2.05) is 35.2 Å². The van der Waals surface area contributed by atoms with Crippen LogP contribution in [0, 0.1) is 0 Å². The van der Waals surface area contributed by atoms with Crippen molar-refractivity contribution in [3.05, 3.63) is 60.4 Å². The van der Waals surface area contributed by atoms with Gasteiger partial charge in [0.2, 0.25) is 0 Å². The maximum atomic E-state index is 12.2. The maximum absolute atomic E-state index is 12.2. The predicted molar refractivity (Wildman–Crippen MR) is 91.6 cm³/mol. The monoisotopic (exact) mass is 310 g/mol. The summed E-state index contributed by atoms with van der Waals surface area (Å²) in [5.41, 5.74) is 2.42. The van der Waals surface area contributed by atoms with Crippen LogP contribution in [0.25, 0.3) is 0 Å². The van der Waals surface area contributed by atoms with Gasteiger partial charge in [-0.15, -0.1) is 0 Å². The maximum Gasteiger partial charge on any atom is 0.317 e. The molecule has 1 aliphatic rings. The lowest BCUT2D eigenvalue weighted by Gasteiger charge is -2.36. The van der Waals surface area contributed by atoms with Gasteiger partial charge in [0.1, 0.15) is 0 Å². The summed E-state index contributed by atoms with van der Waals surface area (Å²) in [5.74, 6) is 0. The first-order valence-electron chi connectivity index (χ1n) is 8.04. The smallest absolute Gasteiger partial charge is 0.317 e. The van der Waals surface area contributed by atoms with Gasteiger partial charge in [-0.2, -0.15) is 0 Å². The molecule has 5 nitrogen and oxygen atoms in total. The van der Waals surface area contributed by atoms with Crippen LogP contribution in [-0.4, -0.2) is 48.6 Å². The van der Waals surface area contributed by atoms with Gasteiger partial charge in [0, 0.05) is 50.8 Å². The van der Waals surface area contributed by atoms with Gasteiger partial charge >= 0.3 is 6.03 Å². The molecule has 2 aromatic rings. The standard InChI is InChI=1S/C18H22N4O/c23-18(20-11-6-16-4-2-1-3-5-16)22-14-12-21(13-15-22)17-7-9-19-10-8-17/h1-5,7-10H,6,11-15H2,(H,20,23). The van der Waals surface area contributed by atoms with Gasteiger partial charge < -0.3 is 15.1 Å². The molecule has 0 saturated carbocycles. The third kappa shape index (κ3) is 4.22. The number of hydrogen-bond donors (Lipinski definition) is 1. The Labute approximate surface area is 136 Å². The molecule has 2 amide bonds. The van der Waals surface area contributed by atoms with E-state index in [-0.39, 0.29) is 6.03 Å². The van der Waals surface area contributed by atoms with Crippen LogP contribution < -0.4 is 10.2 Å². The van der Waals surface area contributed by atoms with Crippen molar-refractivity contribution < 1.29 is 4.79 Å². The van der Waals surface area contributed by atoms with Crippen molar-refractivity contribution in [2.75, 3.05) is 37.6 Å². The van der Waals surface area contributed by atoms with Gasteiger partial charge in [0.25, 0.3) is 0 Å². The molecule has 120 valence electrons. The minimum absolute atomic E-state index is 0.0373. The van der Waals surface area contributed by atoms with Crippen molar-refractivity contribution in [2.45, 2.75) is 6.42 Å². The zero-order chi connectivity index (χ0) is 15.9. The molecule has 1 saturated heterocycles. The first-order chi connectivity index (χ1) is 11.3. The van der Waals surface area contributed by atoms with Gasteiger partial charge in [0.15, 0.2) is 0 Å². The minimum atomic E-state index is 0.0373. The molecule has 1 N–H and O–H groups in total. The zero-order valence-electron chi connectivity index (χ0n) is 13.2. The van der Waals surface area contributed by atoms with E-state index in [0.29, 0.717) is 6.54 Å². The largest absolute Gasteiger partial charge is 0.368 e. The molecule has 1 aromatic heterocycles. The van der Waals surface area contributed by atoms with E-state index in [2.05, 4.69) is 27.3 Å². The third-order valence-corrected chi connectivity index (χ3v) is 4.13. The van der Waals surface area contributed by atoms with Crippen molar-refractivity contribution in [1.82, 2.24) is 15.2 Å². The molecule has 0 unspecified atom stereocenters. The van der Waals surface area contributed by atoms with Crippen molar-refractivity contribution >= 4 is 11.7 Å². The predicted octanol–water partition coefficient (Wildman–Crippen LogP) is 2.16. The molecule has 1 fully saturated rings. The van der Waals surface area contributed by atoms with Gasteiger partial charge in [-0.05, 0) is 24.1 Å². The highest BCUT2D eigenvalue weighted by molar-refractivity contribution is 5.74. The van der Waals surface area contributed by atoms with Crippen LogP contribution in [-0.2, 0) is 6.42 Å². The molecule has 0 atom stereocenters. The number of piperazine rings is 1. The molecule has 1 aliphatic heterocycles. The van der Waals surface area contributed by atoms with Gasteiger partial charge in [-0.25, -0.2) is 4.79 Å². The second-order valence-corrected chi connectivity index (χ2v) is 5.65. The number of urea groups is 1. The zero-order valence-corrected chi connectivity index (χ0v) is 13.2. The Kier molecular flexibility index (Phi) is 5.09. The fraction of sp³-hybridized carbons (Fsp3) is 0.333. The topological polar surface area (TPSA) is 48.5 Å². The summed E-state index contributed by atoms with van der Waals surface area (Å²) in [7, 11) is 0. The molecule has 23 heavy (non-hydrogen) atoms. The Bertz CT molecular complexity index is 609. The number of rotatable bonds is 4. The fourth-order valence-electron chi connectivity index (χ4n) is 2.79. The van der Waals surface area contributed by atoms with Crippen LogP contribution in [0.15, 0.2) is 54.9 Å². The summed E-state index contributed by atoms with van der Waals surface area (Å²) >= 11 is 0. The molecular formula is C18H22N4O. The van der Waals surface area contributed by atoms with Crippen LogP contribution in [0.2, 0.25) is 0 Å². The Morgan fingerprint density at radius 3 is 2.39 bits per heavy atom. The SMILES string of the molecule is O=C(NCCc1ccccc1)N1CCN(c2ccncc2)CC1. The number of pyridine rings is 1. The molecular weight excluding hydrogens is 288 g/mol. The second kappa shape index (κ2) is 7.63. The average molecular weight is 310 g/mol. The van der Waals surface area contributed by atoms with Crippen molar-refractivity contribution in [2.24, 2.45) is 0 Å². The van der Waals surface area contributed by atoms with Crippen LogP contribution in [0.1, 0.15) is 5.56 Å². The van der Waals surface area contributed by atoms with Crippen molar-refractivity contribution in [1.29, 1.82) is 0 Å². The summed E-state index contributed by atoms with van der Waals surface area (Å²) < 4.78 is 0. The van der Waals surface area contributed by atoms with Crippen LogP contribution >= 0.6 is 0 Å². The number of nitrogens with one attached hydrogen (secondary N) is 1. The lowest BCUT2D eigenvalue weighted by Crippen LogP contribution is -2.52. The number of nitrogens with zero attached hydrogens (tertiary/aromatic N) is 3. The number of anilines is 1. The summed E-state index contributed by atoms with van der Waals surface area (Å²) in [5, 5.41) is 3.01. The molecule has 0 spiro atoms. The molecule has 1 aromatic carbocycles. The Balaban J connectivity index is 1.41. The summed E-state index contributed by atoms with van der Waals surface area (Å²) in [4.78, 5) is 20.4. The number of carbonyl (C=O) groups is 1. The average Bonchev–Trinajstić information content (AvgIpc) is 2.63.